The van der Waals surface area contributed by atoms with Crippen LogP contribution in [-0.2, 0) is 20.9 Å². The summed E-state index contributed by atoms with van der Waals surface area (Å²) in [5.74, 6) is 0.871. The smallest absolute Gasteiger partial charge is 0.328 e. The molecule has 0 unspecified atom stereocenters. The van der Waals surface area contributed by atoms with E-state index >= 15 is 0 Å². The Morgan fingerprint density at radius 1 is 1.22 bits per heavy atom. The number of halogens is 2. The minimum absolute atomic E-state index is 0.0185. The monoisotopic (exact) mass is 393 g/mol. The highest BCUT2D eigenvalue weighted by Crippen LogP contribution is 2.60. The summed E-state index contributed by atoms with van der Waals surface area (Å²) in [6.45, 7) is 1.37. The Kier molecular flexibility index (Phi) is 4.91. The first-order chi connectivity index (χ1) is 12.9. The average Bonchev–Trinajstić information content (AvgIpc) is 2.59. The highest BCUT2D eigenvalue weighted by molar-refractivity contribution is 6.31. The molecule has 0 aromatic heterocycles. The van der Waals surface area contributed by atoms with Crippen molar-refractivity contribution in [2.75, 3.05) is 0 Å². The summed E-state index contributed by atoms with van der Waals surface area (Å²) in [4.78, 5) is 25.3. The van der Waals surface area contributed by atoms with Crippen molar-refractivity contribution in [3.05, 3.63) is 34.6 Å². The van der Waals surface area contributed by atoms with E-state index in [-0.39, 0.29) is 28.5 Å². The van der Waals surface area contributed by atoms with E-state index in [1.165, 1.54) is 31.4 Å². The van der Waals surface area contributed by atoms with Crippen molar-refractivity contribution in [2.24, 2.45) is 23.2 Å². The first-order valence-corrected chi connectivity index (χ1v) is 10.1. The minimum Gasteiger partial charge on any atom is -0.459 e. The first kappa shape index (κ1) is 18.7. The van der Waals surface area contributed by atoms with Gasteiger partial charge in [0.25, 0.3) is 0 Å². The normalized spacial score (nSPS) is 32.2. The second-order valence-corrected chi connectivity index (χ2v) is 9.11. The topological polar surface area (TPSA) is 55.4 Å². The number of ether oxygens (including phenoxy) is 1. The summed E-state index contributed by atoms with van der Waals surface area (Å²) >= 11 is 5.95. The predicted molar refractivity (Wildman–Crippen MR) is 99.4 cm³/mol. The Bertz CT molecular complexity index is 710. The number of carbonyl (C=O) groups is 2. The van der Waals surface area contributed by atoms with Crippen molar-refractivity contribution < 1.29 is 18.7 Å². The molecule has 4 bridgehead atoms. The van der Waals surface area contributed by atoms with Gasteiger partial charge in [-0.25, -0.2) is 9.18 Å². The molecule has 146 valence electrons. The van der Waals surface area contributed by atoms with Crippen LogP contribution in [0.4, 0.5) is 4.39 Å². The number of hydrogen-bond donors (Lipinski definition) is 1. The molecule has 4 aliphatic carbocycles. The van der Waals surface area contributed by atoms with Gasteiger partial charge in [-0.1, -0.05) is 17.7 Å². The van der Waals surface area contributed by atoms with Crippen LogP contribution in [0.1, 0.15) is 51.0 Å². The number of rotatable bonds is 5. The number of hydrogen-bond acceptors (Lipinski definition) is 3. The summed E-state index contributed by atoms with van der Waals surface area (Å²) in [6, 6.07) is 3.55. The van der Waals surface area contributed by atoms with E-state index in [0.717, 1.165) is 19.3 Å². The summed E-state index contributed by atoms with van der Waals surface area (Å²) in [5.41, 5.74) is -0.162. The van der Waals surface area contributed by atoms with Crippen LogP contribution in [0.5, 0.6) is 0 Å². The van der Waals surface area contributed by atoms with Crippen LogP contribution in [0, 0.1) is 29.0 Å². The lowest BCUT2D eigenvalue weighted by molar-refractivity contribution is -0.154. The molecule has 1 aromatic carbocycles. The van der Waals surface area contributed by atoms with Gasteiger partial charge in [0.05, 0.1) is 5.02 Å². The molecule has 0 radical (unpaired) electrons. The number of amides is 1. The third kappa shape index (κ3) is 3.58. The molecule has 4 fully saturated rings. The molecule has 1 N–H and O–H groups in total. The Balaban J connectivity index is 1.35. The Labute approximate surface area is 163 Å². The predicted octanol–water partition coefficient (Wildman–Crippen LogP) is 4.24. The summed E-state index contributed by atoms with van der Waals surface area (Å²) in [6.07, 6.45) is 6.60. The maximum Gasteiger partial charge on any atom is 0.328 e. The molecule has 0 heterocycles. The van der Waals surface area contributed by atoms with Crippen molar-refractivity contribution in [1.29, 1.82) is 0 Å². The van der Waals surface area contributed by atoms with Crippen LogP contribution >= 0.6 is 11.6 Å². The number of benzene rings is 1. The SMILES string of the molecule is C[C@H](NC(=O)C12CC3CC(CC(C3)C1)C2)C(=O)OCc1c(F)cccc1Cl. The summed E-state index contributed by atoms with van der Waals surface area (Å²) < 4.78 is 19.0. The van der Waals surface area contributed by atoms with E-state index in [9.17, 15) is 14.0 Å². The highest BCUT2D eigenvalue weighted by atomic mass is 35.5. The fraction of sp³-hybridized carbons (Fsp3) is 0.619. The van der Waals surface area contributed by atoms with Gasteiger partial charge in [-0.15, -0.1) is 0 Å². The Morgan fingerprint density at radius 3 is 2.37 bits per heavy atom. The second kappa shape index (κ2) is 7.08. The molecule has 0 saturated heterocycles. The zero-order valence-electron chi connectivity index (χ0n) is 15.5. The molecule has 27 heavy (non-hydrogen) atoms. The van der Waals surface area contributed by atoms with Gasteiger partial charge in [-0.2, -0.15) is 0 Å². The molecule has 1 atom stereocenters. The lowest BCUT2D eigenvalue weighted by atomic mass is 9.49. The van der Waals surface area contributed by atoms with Crippen molar-refractivity contribution >= 4 is 23.5 Å². The third-order valence-electron chi connectivity index (χ3n) is 6.64. The van der Waals surface area contributed by atoms with E-state index in [1.807, 2.05) is 0 Å². The molecular weight excluding hydrogens is 369 g/mol. The van der Waals surface area contributed by atoms with Crippen molar-refractivity contribution in [3.63, 3.8) is 0 Å². The van der Waals surface area contributed by atoms with Crippen molar-refractivity contribution in [1.82, 2.24) is 5.32 Å². The van der Waals surface area contributed by atoms with Crippen molar-refractivity contribution in [2.45, 2.75) is 58.1 Å². The fourth-order valence-corrected chi connectivity index (χ4v) is 5.95. The van der Waals surface area contributed by atoms with Crippen LogP contribution in [0.3, 0.4) is 0 Å². The molecular formula is C21H25ClFNO3. The van der Waals surface area contributed by atoms with Gasteiger partial charge in [0.2, 0.25) is 5.91 Å². The van der Waals surface area contributed by atoms with Gasteiger partial charge in [0.1, 0.15) is 18.5 Å². The molecule has 6 heteroatoms. The maximum atomic E-state index is 13.8. The largest absolute Gasteiger partial charge is 0.459 e. The average molecular weight is 394 g/mol. The molecule has 5 rings (SSSR count). The molecule has 0 spiro atoms. The summed E-state index contributed by atoms with van der Waals surface area (Å²) in [7, 11) is 0. The van der Waals surface area contributed by atoms with Gasteiger partial charge >= 0.3 is 5.97 Å². The van der Waals surface area contributed by atoms with E-state index in [0.29, 0.717) is 17.8 Å². The maximum absolute atomic E-state index is 13.8. The first-order valence-electron chi connectivity index (χ1n) is 9.77. The molecule has 1 amide bonds. The number of nitrogens with one attached hydrogen (secondary N) is 1. The van der Waals surface area contributed by atoms with Crippen LogP contribution in [-0.4, -0.2) is 17.9 Å². The lowest BCUT2D eigenvalue weighted by Crippen LogP contribution is -2.55. The van der Waals surface area contributed by atoms with Crippen LogP contribution in [0.15, 0.2) is 18.2 Å². The van der Waals surface area contributed by atoms with E-state index in [1.54, 1.807) is 13.0 Å². The zero-order valence-corrected chi connectivity index (χ0v) is 16.2. The second-order valence-electron chi connectivity index (χ2n) is 8.70. The van der Waals surface area contributed by atoms with E-state index in [4.69, 9.17) is 16.3 Å². The number of carbonyl (C=O) groups excluding carboxylic acids is 2. The van der Waals surface area contributed by atoms with Gasteiger partial charge in [0, 0.05) is 11.0 Å². The van der Waals surface area contributed by atoms with Crippen LogP contribution in [0.25, 0.3) is 0 Å². The van der Waals surface area contributed by atoms with Gasteiger partial charge in [-0.3, -0.25) is 4.79 Å². The molecule has 0 aliphatic heterocycles. The Hall–Kier alpha value is -1.62. The zero-order chi connectivity index (χ0) is 19.2. The quantitative estimate of drug-likeness (QED) is 0.761. The van der Waals surface area contributed by atoms with Crippen molar-refractivity contribution in [3.8, 4) is 0 Å². The standard InChI is InChI=1S/C21H25ClFNO3/c1-12(19(25)27-11-16-17(22)3-2-4-18(16)23)24-20(26)21-8-13-5-14(9-21)7-15(6-13)10-21/h2-4,12-15H,5-11H2,1H3,(H,24,26)/t12-,13?,14?,15?,21?/m0/s1. The lowest BCUT2D eigenvalue weighted by Gasteiger charge is -2.55. The van der Waals surface area contributed by atoms with Crippen LogP contribution in [0.2, 0.25) is 5.02 Å². The summed E-state index contributed by atoms with van der Waals surface area (Å²) in [5, 5.41) is 3.08. The molecule has 4 nitrogen and oxygen atoms in total. The van der Waals surface area contributed by atoms with E-state index < -0.39 is 17.8 Å². The highest BCUT2D eigenvalue weighted by Gasteiger charge is 2.54. The van der Waals surface area contributed by atoms with Gasteiger partial charge < -0.3 is 10.1 Å². The van der Waals surface area contributed by atoms with Gasteiger partial charge in [0.15, 0.2) is 0 Å². The van der Waals surface area contributed by atoms with Gasteiger partial charge in [-0.05, 0) is 75.3 Å². The molecule has 4 aliphatic rings. The minimum atomic E-state index is -0.768. The molecule has 1 aromatic rings. The Morgan fingerprint density at radius 2 is 1.81 bits per heavy atom. The van der Waals surface area contributed by atoms with E-state index in [2.05, 4.69) is 5.32 Å². The third-order valence-corrected chi connectivity index (χ3v) is 7.00. The molecule has 4 saturated carbocycles. The van der Waals surface area contributed by atoms with Crippen LogP contribution < -0.4 is 5.32 Å². The fourth-order valence-electron chi connectivity index (χ4n) is 5.74. The number of esters is 1.